The molecule has 0 radical (unpaired) electrons. The number of aliphatic hydroxyl groups is 1. The average molecular weight is 619 g/mol. The normalized spacial score (nSPS) is 18.7. The zero-order valence-corrected chi connectivity index (χ0v) is 22.3. The van der Waals surface area contributed by atoms with Gasteiger partial charge in [-0.2, -0.15) is 13.2 Å². The maximum Gasteiger partial charge on any atom is 0.416 e. The van der Waals surface area contributed by atoms with E-state index in [0.29, 0.717) is 0 Å². The number of carbonyl (C=O) groups excluding carboxylic acids is 2. The molecule has 2 aliphatic rings. The SMILES string of the molecule is CC[C@@]1(O)C(=O)OCc2c1ccn(CC1=C(Br)C(=C=O)c3cc(F)ccc3N1c1ccc(C(F)(F)F)cc1)c2=O. The molecule has 2 aliphatic heterocycles. The number of fused-ring (bicyclic) bond motifs is 2. The molecule has 3 heterocycles. The Balaban J connectivity index is 1.68. The summed E-state index contributed by atoms with van der Waals surface area (Å²) >= 11 is 3.37. The lowest BCUT2D eigenvalue weighted by atomic mass is 9.87. The first-order chi connectivity index (χ1) is 18.9. The van der Waals surface area contributed by atoms with Gasteiger partial charge >= 0.3 is 12.1 Å². The zero-order chi connectivity index (χ0) is 29.0. The van der Waals surface area contributed by atoms with E-state index in [0.717, 1.165) is 24.3 Å². The largest absolute Gasteiger partial charge is 0.458 e. The molecule has 0 saturated heterocycles. The highest BCUT2D eigenvalue weighted by Gasteiger charge is 2.44. The van der Waals surface area contributed by atoms with Gasteiger partial charge in [0.15, 0.2) is 5.60 Å². The van der Waals surface area contributed by atoms with E-state index in [4.69, 9.17) is 4.74 Å². The van der Waals surface area contributed by atoms with Crippen LogP contribution >= 0.6 is 15.9 Å². The van der Waals surface area contributed by atoms with E-state index < -0.39 is 34.7 Å². The predicted molar refractivity (Wildman–Crippen MR) is 140 cm³/mol. The van der Waals surface area contributed by atoms with Gasteiger partial charge in [-0.15, -0.1) is 0 Å². The molecule has 0 aliphatic carbocycles. The Morgan fingerprint density at radius 1 is 1.12 bits per heavy atom. The summed E-state index contributed by atoms with van der Waals surface area (Å²) in [7, 11) is 0. The van der Waals surface area contributed by atoms with Gasteiger partial charge in [-0.3, -0.25) is 4.79 Å². The molecule has 0 fully saturated rings. The first-order valence-corrected chi connectivity index (χ1v) is 12.7. The van der Waals surface area contributed by atoms with Crippen LogP contribution in [0.1, 0.15) is 35.6 Å². The van der Waals surface area contributed by atoms with Crippen molar-refractivity contribution in [2.75, 3.05) is 4.90 Å². The smallest absolute Gasteiger partial charge is 0.416 e. The minimum atomic E-state index is -4.57. The number of hydrogen-bond acceptors (Lipinski definition) is 6. The third-order valence-electron chi connectivity index (χ3n) is 6.99. The van der Waals surface area contributed by atoms with Crippen molar-refractivity contribution >= 4 is 44.8 Å². The van der Waals surface area contributed by atoms with Gasteiger partial charge in [-0.05, 0) is 70.9 Å². The number of allylic oxidation sites excluding steroid dienone is 3. The molecule has 1 atom stereocenters. The molecule has 7 nitrogen and oxygen atoms in total. The van der Waals surface area contributed by atoms with Crippen LogP contribution in [0.4, 0.5) is 28.9 Å². The van der Waals surface area contributed by atoms with Gasteiger partial charge in [-0.25, -0.2) is 14.0 Å². The molecule has 0 spiro atoms. The number of cyclic esters (lactones) is 1. The molecular weight excluding hydrogens is 600 g/mol. The Hall–Kier alpha value is -3.99. The van der Waals surface area contributed by atoms with Crippen molar-refractivity contribution < 1.29 is 37.0 Å². The number of rotatable bonds is 4. The number of nitrogens with zero attached hydrogens (tertiary/aromatic N) is 2. The molecule has 0 amide bonds. The van der Waals surface area contributed by atoms with Crippen LogP contribution in [0.25, 0.3) is 5.57 Å². The molecule has 1 aromatic heterocycles. The second-order valence-corrected chi connectivity index (χ2v) is 10.0. The summed E-state index contributed by atoms with van der Waals surface area (Å²) in [6.45, 7) is 0.996. The number of anilines is 2. The Bertz CT molecular complexity index is 1690. The fourth-order valence-electron chi connectivity index (χ4n) is 4.88. The molecule has 12 heteroatoms. The van der Waals surface area contributed by atoms with Crippen LogP contribution in [-0.4, -0.2) is 21.6 Å². The van der Waals surface area contributed by atoms with Gasteiger partial charge in [0.25, 0.3) is 5.56 Å². The maximum atomic E-state index is 14.2. The van der Waals surface area contributed by atoms with E-state index in [-0.39, 0.29) is 63.4 Å². The van der Waals surface area contributed by atoms with Crippen LogP contribution in [-0.2, 0) is 39.3 Å². The molecule has 3 aromatic rings. The van der Waals surface area contributed by atoms with E-state index in [9.17, 15) is 37.1 Å². The fourth-order valence-corrected chi connectivity index (χ4v) is 5.48. The number of esters is 1. The van der Waals surface area contributed by atoms with Gasteiger partial charge in [0.1, 0.15) is 18.4 Å². The van der Waals surface area contributed by atoms with Crippen molar-refractivity contribution in [3.05, 3.63) is 103 Å². The van der Waals surface area contributed by atoms with Gasteiger partial charge in [0.05, 0.1) is 39.1 Å². The fraction of sp³-hybridized carbons (Fsp3) is 0.214. The van der Waals surface area contributed by atoms with Gasteiger partial charge in [-0.1, -0.05) is 6.92 Å². The molecule has 40 heavy (non-hydrogen) atoms. The van der Waals surface area contributed by atoms with Crippen LogP contribution in [0.2, 0.25) is 0 Å². The van der Waals surface area contributed by atoms with Crippen LogP contribution < -0.4 is 10.5 Å². The summed E-state index contributed by atoms with van der Waals surface area (Å²) in [4.78, 5) is 39.2. The van der Waals surface area contributed by atoms with E-state index in [1.807, 2.05) is 0 Å². The van der Waals surface area contributed by atoms with Crippen LogP contribution in [0, 0.1) is 5.82 Å². The predicted octanol–water partition coefficient (Wildman–Crippen LogP) is 5.33. The molecule has 0 unspecified atom stereocenters. The van der Waals surface area contributed by atoms with E-state index in [2.05, 4.69) is 15.9 Å². The van der Waals surface area contributed by atoms with Crippen LogP contribution in [0.5, 0.6) is 0 Å². The summed E-state index contributed by atoms with van der Waals surface area (Å²) in [5.74, 6) is 0.271. The minimum Gasteiger partial charge on any atom is -0.458 e. The summed E-state index contributed by atoms with van der Waals surface area (Å²) in [5, 5.41) is 10.8. The Kier molecular flexibility index (Phi) is 6.81. The van der Waals surface area contributed by atoms with Crippen molar-refractivity contribution in [2.45, 2.75) is 38.3 Å². The summed E-state index contributed by atoms with van der Waals surface area (Å²) in [6, 6.07) is 9.27. The lowest BCUT2D eigenvalue weighted by Gasteiger charge is -2.35. The topological polar surface area (TPSA) is 88.8 Å². The van der Waals surface area contributed by atoms with Gasteiger partial charge in [0, 0.05) is 23.0 Å². The lowest BCUT2D eigenvalue weighted by Crippen LogP contribution is -2.44. The summed E-state index contributed by atoms with van der Waals surface area (Å²) < 4.78 is 60.4. The Labute approximate surface area is 232 Å². The second-order valence-electron chi connectivity index (χ2n) is 9.21. The molecule has 0 saturated carbocycles. The molecule has 206 valence electrons. The molecule has 5 rings (SSSR count). The minimum absolute atomic E-state index is 0.0263. The van der Waals surface area contributed by atoms with Gasteiger partial charge < -0.3 is 19.3 Å². The van der Waals surface area contributed by atoms with Crippen molar-refractivity contribution in [1.29, 1.82) is 0 Å². The van der Waals surface area contributed by atoms with E-state index >= 15 is 0 Å². The Morgan fingerprint density at radius 2 is 1.82 bits per heavy atom. The summed E-state index contributed by atoms with van der Waals surface area (Å²) in [6.07, 6.45) is -3.24. The number of alkyl halides is 3. The number of benzene rings is 2. The highest BCUT2D eigenvalue weighted by atomic mass is 79.9. The first-order valence-electron chi connectivity index (χ1n) is 11.9. The second kappa shape index (κ2) is 9.88. The number of hydrogen-bond donors (Lipinski definition) is 1. The third-order valence-corrected chi connectivity index (χ3v) is 7.85. The monoisotopic (exact) mass is 618 g/mol. The maximum absolute atomic E-state index is 14.2. The Morgan fingerprint density at radius 3 is 2.45 bits per heavy atom. The highest BCUT2D eigenvalue weighted by Crippen LogP contribution is 2.46. The quantitative estimate of drug-likeness (QED) is 0.241. The average Bonchev–Trinajstić information content (AvgIpc) is 2.92. The van der Waals surface area contributed by atoms with Crippen molar-refractivity contribution in [3.63, 3.8) is 0 Å². The van der Waals surface area contributed by atoms with E-state index in [1.54, 1.807) is 12.9 Å². The lowest BCUT2D eigenvalue weighted by molar-refractivity contribution is -0.172. The third kappa shape index (κ3) is 4.38. The molecule has 0 bridgehead atoms. The standard InChI is InChI=1S/C28H19BrF4N2O5/c1-2-27(39)21-9-10-34(25(37)20(21)14-40-26(27)38)12-23-24(29)19(13-36)18-11-16(30)5-8-22(18)35(23)17-6-3-15(4-7-17)28(31,32)33/h3-11,39H,2,12,14H2,1H3/t27-/m0/s1. The zero-order valence-electron chi connectivity index (χ0n) is 20.7. The van der Waals surface area contributed by atoms with E-state index in [1.165, 1.54) is 39.9 Å². The first kappa shape index (κ1) is 27.6. The van der Waals surface area contributed by atoms with Crippen molar-refractivity contribution in [3.8, 4) is 0 Å². The number of carbonyl (C=O) groups is 1. The van der Waals surface area contributed by atoms with Crippen molar-refractivity contribution in [1.82, 2.24) is 4.57 Å². The molecule has 2 aromatic carbocycles. The number of aromatic nitrogens is 1. The highest BCUT2D eigenvalue weighted by molar-refractivity contribution is 9.12. The van der Waals surface area contributed by atoms with Crippen LogP contribution in [0.3, 0.4) is 0 Å². The van der Waals surface area contributed by atoms with Crippen LogP contribution in [0.15, 0.2) is 69.7 Å². The number of pyridine rings is 1. The number of ether oxygens (including phenoxy) is 1. The molecule has 1 N–H and O–H groups in total. The number of halogens is 5. The van der Waals surface area contributed by atoms with Gasteiger partial charge in [0.2, 0.25) is 0 Å². The van der Waals surface area contributed by atoms with Crippen molar-refractivity contribution in [2.24, 2.45) is 0 Å². The molecular formula is C28H19BrF4N2O5. The summed E-state index contributed by atoms with van der Waals surface area (Å²) in [5.41, 5.74) is -2.39.